The maximum Gasteiger partial charge on any atom is 0.166 e. The first kappa shape index (κ1) is 14.6. The summed E-state index contributed by atoms with van der Waals surface area (Å²) < 4.78 is 5.36. The third-order valence-electron chi connectivity index (χ3n) is 1.92. The Balaban J connectivity index is 3.10. The van der Waals surface area contributed by atoms with E-state index in [0.29, 0.717) is 0 Å². The van der Waals surface area contributed by atoms with Crippen LogP contribution in [0.5, 0.6) is 0 Å². The summed E-state index contributed by atoms with van der Waals surface area (Å²) in [7, 11) is 0. The smallest absolute Gasteiger partial charge is 0.166 e. The van der Waals surface area contributed by atoms with E-state index in [9.17, 15) is 0 Å². The molecule has 0 rings (SSSR count). The van der Waals surface area contributed by atoms with Gasteiger partial charge in [0.05, 0.1) is 0 Å². The third kappa shape index (κ3) is 11.6. The largest absolute Gasteiger partial charge is 0.381 e. The van der Waals surface area contributed by atoms with Gasteiger partial charge in [-0.05, 0) is 31.5 Å². The maximum absolute atomic E-state index is 5.36. The zero-order valence-corrected chi connectivity index (χ0v) is 10.8. The Kier molecular flexibility index (Phi) is 11.4. The summed E-state index contributed by atoms with van der Waals surface area (Å²) in [6.07, 6.45) is 4.46. The van der Waals surface area contributed by atoms with Crippen LogP contribution in [0.3, 0.4) is 0 Å². The highest BCUT2D eigenvalue weighted by Gasteiger charge is 1.93. The van der Waals surface area contributed by atoms with Gasteiger partial charge in [0.25, 0.3) is 0 Å². The first-order valence-electron chi connectivity index (χ1n) is 5.90. The Bertz CT molecular complexity index is 154. The molecule has 0 aromatic heterocycles. The van der Waals surface area contributed by atoms with Crippen LogP contribution < -0.4 is 10.6 Å². The molecule has 0 aliphatic heterocycles. The topological polar surface area (TPSA) is 33.3 Å². The Morgan fingerprint density at radius 1 is 1.00 bits per heavy atom. The number of unbranched alkanes of at least 4 members (excludes halogenated alkanes) is 1. The number of thiocarbonyl (C=S) groups is 1. The molecule has 0 heterocycles. The molecule has 90 valence electrons. The first-order chi connectivity index (χ1) is 7.31. The summed E-state index contributed by atoms with van der Waals surface area (Å²) >= 11 is 5.11. The predicted octanol–water partition coefficient (Wildman–Crippen LogP) is 2.07. The van der Waals surface area contributed by atoms with Gasteiger partial charge in [-0.25, -0.2) is 0 Å². The van der Waals surface area contributed by atoms with Crippen molar-refractivity contribution in [1.29, 1.82) is 0 Å². The molecule has 0 aliphatic rings. The second kappa shape index (κ2) is 11.7. The third-order valence-corrected chi connectivity index (χ3v) is 2.20. The molecule has 2 N–H and O–H groups in total. The quantitative estimate of drug-likeness (QED) is 0.471. The fourth-order valence-electron chi connectivity index (χ4n) is 1.06. The van der Waals surface area contributed by atoms with Gasteiger partial charge in [-0.3, -0.25) is 0 Å². The summed E-state index contributed by atoms with van der Waals surface area (Å²) in [6.45, 7) is 7.82. The van der Waals surface area contributed by atoms with E-state index >= 15 is 0 Å². The molecule has 0 saturated heterocycles. The fourth-order valence-corrected chi connectivity index (χ4v) is 1.27. The van der Waals surface area contributed by atoms with Gasteiger partial charge in [0.15, 0.2) is 5.11 Å². The zero-order valence-electron chi connectivity index (χ0n) is 9.97. The lowest BCUT2D eigenvalue weighted by molar-refractivity contribution is 0.133. The second-order valence-corrected chi connectivity index (χ2v) is 3.91. The summed E-state index contributed by atoms with van der Waals surface area (Å²) in [5.74, 6) is 0. The molecule has 0 aromatic rings. The molecule has 0 amide bonds. The lowest BCUT2D eigenvalue weighted by Crippen LogP contribution is -2.36. The molecule has 0 fully saturated rings. The maximum atomic E-state index is 5.36. The predicted molar refractivity (Wildman–Crippen MR) is 69.2 cm³/mol. The van der Waals surface area contributed by atoms with E-state index in [1.54, 1.807) is 0 Å². The van der Waals surface area contributed by atoms with Crippen LogP contribution in [-0.4, -0.2) is 31.4 Å². The molecule has 0 unspecified atom stereocenters. The number of hydrogen-bond acceptors (Lipinski definition) is 2. The van der Waals surface area contributed by atoms with E-state index in [4.69, 9.17) is 17.0 Å². The van der Waals surface area contributed by atoms with E-state index in [1.165, 1.54) is 12.8 Å². The van der Waals surface area contributed by atoms with Gasteiger partial charge in [-0.1, -0.05) is 20.3 Å². The van der Waals surface area contributed by atoms with E-state index in [2.05, 4.69) is 24.5 Å². The Morgan fingerprint density at radius 3 is 2.27 bits per heavy atom. The van der Waals surface area contributed by atoms with Crippen molar-refractivity contribution >= 4 is 17.3 Å². The van der Waals surface area contributed by atoms with Gasteiger partial charge < -0.3 is 15.4 Å². The molecule has 0 atom stereocenters. The minimum Gasteiger partial charge on any atom is -0.381 e. The lowest BCUT2D eigenvalue weighted by atomic mass is 10.3. The first-order valence-corrected chi connectivity index (χ1v) is 6.31. The zero-order chi connectivity index (χ0) is 11.4. The Hall–Kier alpha value is -0.350. The molecule has 15 heavy (non-hydrogen) atoms. The van der Waals surface area contributed by atoms with Crippen LogP contribution in [0.2, 0.25) is 0 Å². The highest BCUT2D eigenvalue weighted by Crippen LogP contribution is 1.85. The van der Waals surface area contributed by atoms with Crippen molar-refractivity contribution < 1.29 is 4.74 Å². The van der Waals surface area contributed by atoms with Crippen LogP contribution in [0.25, 0.3) is 0 Å². The van der Waals surface area contributed by atoms with Crippen molar-refractivity contribution in [3.8, 4) is 0 Å². The van der Waals surface area contributed by atoms with Crippen molar-refractivity contribution in [2.24, 2.45) is 0 Å². The fraction of sp³-hybridized carbons (Fsp3) is 0.909. The van der Waals surface area contributed by atoms with Gasteiger partial charge in [0.2, 0.25) is 0 Å². The standard InChI is InChI=1S/C11H24N2OS/c1-3-5-7-12-11(15)13-8-6-10-14-9-4-2/h3-10H2,1-2H3,(H2,12,13,15). The van der Waals surface area contributed by atoms with Gasteiger partial charge >= 0.3 is 0 Å². The number of nitrogens with one attached hydrogen (secondary N) is 2. The average molecular weight is 232 g/mol. The van der Waals surface area contributed by atoms with Crippen molar-refractivity contribution in [1.82, 2.24) is 10.6 Å². The Morgan fingerprint density at radius 2 is 1.67 bits per heavy atom. The lowest BCUT2D eigenvalue weighted by Gasteiger charge is -2.09. The molecular weight excluding hydrogens is 208 g/mol. The van der Waals surface area contributed by atoms with Crippen LogP contribution in [0, 0.1) is 0 Å². The highest BCUT2D eigenvalue weighted by atomic mass is 32.1. The van der Waals surface area contributed by atoms with Crippen molar-refractivity contribution in [2.45, 2.75) is 39.5 Å². The van der Waals surface area contributed by atoms with Gasteiger partial charge in [0, 0.05) is 26.3 Å². The molecular formula is C11H24N2OS. The molecule has 0 spiro atoms. The van der Waals surface area contributed by atoms with Crippen LogP contribution in [-0.2, 0) is 4.74 Å². The van der Waals surface area contributed by atoms with Crippen molar-refractivity contribution in [2.75, 3.05) is 26.3 Å². The van der Waals surface area contributed by atoms with Crippen LogP contribution in [0.4, 0.5) is 0 Å². The number of rotatable bonds is 9. The molecule has 0 bridgehead atoms. The SMILES string of the molecule is CCCCNC(=S)NCCCOCCC. The van der Waals surface area contributed by atoms with Crippen LogP contribution in [0.1, 0.15) is 39.5 Å². The van der Waals surface area contributed by atoms with Gasteiger partial charge in [-0.2, -0.15) is 0 Å². The van der Waals surface area contributed by atoms with Gasteiger partial charge in [0.1, 0.15) is 0 Å². The van der Waals surface area contributed by atoms with E-state index in [-0.39, 0.29) is 0 Å². The van der Waals surface area contributed by atoms with Crippen molar-refractivity contribution in [3.63, 3.8) is 0 Å². The van der Waals surface area contributed by atoms with Crippen LogP contribution in [0.15, 0.2) is 0 Å². The van der Waals surface area contributed by atoms with E-state index < -0.39 is 0 Å². The minimum atomic E-state index is 0.763. The number of hydrogen-bond donors (Lipinski definition) is 2. The monoisotopic (exact) mass is 232 g/mol. The van der Waals surface area contributed by atoms with E-state index in [0.717, 1.165) is 44.3 Å². The summed E-state index contributed by atoms with van der Waals surface area (Å²) in [5, 5.41) is 7.09. The highest BCUT2D eigenvalue weighted by molar-refractivity contribution is 7.80. The molecule has 0 saturated carbocycles. The van der Waals surface area contributed by atoms with Crippen molar-refractivity contribution in [3.05, 3.63) is 0 Å². The van der Waals surface area contributed by atoms with Gasteiger partial charge in [-0.15, -0.1) is 0 Å². The molecule has 4 heteroatoms. The van der Waals surface area contributed by atoms with E-state index in [1.807, 2.05) is 0 Å². The molecule has 0 aliphatic carbocycles. The Labute approximate surface area is 99.0 Å². The summed E-state index contributed by atoms with van der Waals surface area (Å²) in [5.41, 5.74) is 0. The minimum absolute atomic E-state index is 0.763. The normalized spacial score (nSPS) is 10.0. The average Bonchev–Trinajstić information content (AvgIpc) is 2.23. The van der Waals surface area contributed by atoms with Crippen LogP contribution >= 0.6 is 12.2 Å². The molecule has 0 radical (unpaired) electrons. The molecule has 0 aromatic carbocycles. The summed E-state index contributed by atoms with van der Waals surface area (Å²) in [6, 6.07) is 0. The summed E-state index contributed by atoms with van der Waals surface area (Å²) in [4.78, 5) is 0. The molecule has 3 nitrogen and oxygen atoms in total. The second-order valence-electron chi connectivity index (χ2n) is 3.50. The number of ether oxygens (including phenoxy) is 1.